The molecule has 0 spiro atoms. The molecule has 10 heteroatoms. The molecule has 1 atom stereocenters. The van der Waals surface area contributed by atoms with E-state index in [4.69, 9.17) is 14.3 Å². The standard InChI is InChI=1S/C26H26F3N3O4/c1-15(2)34-19-10-11-22(35-16(3)4)20(13-19)24-31-23-21(32(24)36-25(33)26(27,28)29)12-18(14-30-23)17-8-6-5-7-9-17/h5-16,24H,1-4H3,(H,30,31). The van der Waals surface area contributed by atoms with Crippen LogP contribution in [0.25, 0.3) is 11.1 Å². The maximum Gasteiger partial charge on any atom is 0.493 e. The highest BCUT2D eigenvalue weighted by Gasteiger charge is 2.46. The molecule has 0 fully saturated rings. The first-order valence-electron chi connectivity index (χ1n) is 11.4. The fraction of sp³-hybridized carbons (Fsp3) is 0.308. The largest absolute Gasteiger partial charge is 0.493 e. The highest BCUT2D eigenvalue weighted by Crippen LogP contribution is 2.45. The lowest BCUT2D eigenvalue weighted by Crippen LogP contribution is -2.37. The molecule has 3 aromatic rings. The minimum Gasteiger partial charge on any atom is -0.491 e. The zero-order valence-electron chi connectivity index (χ0n) is 20.2. The van der Waals surface area contributed by atoms with E-state index in [2.05, 4.69) is 10.3 Å². The van der Waals surface area contributed by atoms with Gasteiger partial charge >= 0.3 is 12.1 Å². The van der Waals surface area contributed by atoms with Crippen molar-refractivity contribution in [3.63, 3.8) is 0 Å². The molecule has 0 saturated carbocycles. The summed E-state index contributed by atoms with van der Waals surface area (Å²) in [6, 6.07) is 15.8. The predicted octanol–water partition coefficient (Wildman–Crippen LogP) is 6.27. The van der Waals surface area contributed by atoms with Gasteiger partial charge < -0.3 is 19.6 Å². The van der Waals surface area contributed by atoms with E-state index in [1.54, 1.807) is 30.5 Å². The van der Waals surface area contributed by atoms with Crippen LogP contribution in [-0.4, -0.2) is 29.3 Å². The third kappa shape index (κ3) is 5.48. The lowest BCUT2D eigenvalue weighted by Gasteiger charge is -2.27. The van der Waals surface area contributed by atoms with Crippen LogP contribution in [0.1, 0.15) is 39.4 Å². The molecule has 36 heavy (non-hydrogen) atoms. The van der Waals surface area contributed by atoms with Crippen molar-refractivity contribution in [3.05, 3.63) is 66.4 Å². The first-order valence-corrected chi connectivity index (χ1v) is 11.4. The van der Waals surface area contributed by atoms with Crippen molar-refractivity contribution in [2.24, 2.45) is 0 Å². The van der Waals surface area contributed by atoms with Crippen molar-refractivity contribution in [3.8, 4) is 22.6 Å². The van der Waals surface area contributed by atoms with Crippen LogP contribution in [0.4, 0.5) is 24.7 Å². The highest BCUT2D eigenvalue weighted by molar-refractivity contribution is 5.82. The smallest absolute Gasteiger partial charge is 0.491 e. The van der Waals surface area contributed by atoms with Crippen LogP contribution >= 0.6 is 0 Å². The van der Waals surface area contributed by atoms with Crippen LogP contribution in [0, 0.1) is 0 Å². The molecule has 0 radical (unpaired) electrons. The first-order chi connectivity index (χ1) is 17.0. The van der Waals surface area contributed by atoms with Gasteiger partial charge in [-0.25, -0.2) is 9.78 Å². The Labute approximate surface area is 206 Å². The van der Waals surface area contributed by atoms with Crippen LogP contribution in [-0.2, 0) is 9.63 Å². The van der Waals surface area contributed by atoms with E-state index in [1.165, 1.54) is 0 Å². The Morgan fingerprint density at radius 2 is 1.67 bits per heavy atom. The first kappa shape index (κ1) is 25.2. The Morgan fingerprint density at radius 3 is 2.31 bits per heavy atom. The average Bonchev–Trinajstić information content (AvgIpc) is 3.16. The van der Waals surface area contributed by atoms with E-state index in [0.29, 0.717) is 22.6 Å². The second-order valence-corrected chi connectivity index (χ2v) is 8.74. The summed E-state index contributed by atoms with van der Waals surface area (Å²) < 4.78 is 51.4. The van der Waals surface area contributed by atoms with Gasteiger partial charge in [0.25, 0.3) is 0 Å². The predicted molar refractivity (Wildman–Crippen MR) is 129 cm³/mol. The molecule has 190 valence electrons. The van der Waals surface area contributed by atoms with Crippen LogP contribution in [0.3, 0.4) is 0 Å². The van der Waals surface area contributed by atoms with Gasteiger partial charge in [-0.15, -0.1) is 0 Å². The van der Waals surface area contributed by atoms with Gasteiger partial charge in [-0.1, -0.05) is 30.3 Å². The minimum atomic E-state index is -5.20. The van der Waals surface area contributed by atoms with Crippen molar-refractivity contribution < 1.29 is 32.3 Å². The summed E-state index contributed by atoms with van der Waals surface area (Å²) in [5, 5.41) is 3.95. The number of halogens is 3. The molecule has 0 amide bonds. The molecular weight excluding hydrogens is 475 g/mol. The summed E-state index contributed by atoms with van der Waals surface area (Å²) in [7, 11) is 0. The topological polar surface area (TPSA) is 72.9 Å². The maximum absolute atomic E-state index is 13.2. The zero-order chi connectivity index (χ0) is 26.0. The fourth-order valence-electron chi connectivity index (χ4n) is 3.74. The van der Waals surface area contributed by atoms with Gasteiger partial charge in [0.1, 0.15) is 17.2 Å². The average molecular weight is 502 g/mol. The number of nitrogens with one attached hydrogen (secondary N) is 1. The van der Waals surface area contributed by atoms with Crippen molar-refractivity contribution in [1.82, 2.24) is 4.98 Å². The number of rotatable bonds is 7. The number of hydroxylamine groups is 1. The molecule has 2 aromatic carbocycles. The van der Waals surface area contributed by atoms with E-state index < -0.39 is 18.3 Å². The third-order valence-electron chi connectivity index (χ3n) is 5.14. The summed E-state index contributed by atoms with van der Waals surface area (Å²) in [4.78, 5) is 21.3. The quantitative estimate of drug-likeness (QED) is 0.409. The molecule has 1 aromatic heterocycles. The van der Waals surface area contributed by atoms with Crippen LogP contribution in [0.15, 0.2) is 60.8 Å². The van der Waals surface area contributed by atoms with Gasteiger partial charge in [-0.3, -0.25) is 0 Å². The summed E-state index contributed by atoms with van der Waals surface area (Å²) >= 11 is 0. The van der Waals surface area contributed by atoms with Gasteiger partial charge in [0.05, 0.1) is 12.2 Å². The number of benzene rings is 2. The molecule has 1 unspecified atom stereocenters. The highest BCUT2D eigenvalue weighted by atomic mass is 19.4. The number of nitrogens with zero attached hydrogens (tertiary/aromatic N) is 2. The van der Waals surface area contributed by atoms with E-state index in [0.717, 1.165) is 10.6 Å². The Morgan fingerprint density at radius 1 is 0.972 bits per heavy atom. The third-order valence-corrected chi connectivity index (χ3v) is 5.14. The lowest BCUT2D eigenvalue weighted by molar-refractivity contribution is -0.201. The second-order valence-electron chi connectivity index (χ2n) is 8.74. The van der Waals surface area contributed by atoms with Gasteiger partial charge in [0.15, 0.2) is 12.0 Å². The molecule has 1 aliphatic heterocycles. The lowest BCUT2D eigenvalue weighted by atomic mass is 10.1. The summed E-state index contributed by atoms with van der Waals surface area (Å²) in [5.74, 6) is -1.23. The molecule has 4 rings (SSSR count). The number of fused-ring (bicyclic) bond motifs is 1. The van der Waals surface area contributed by atoms with E-state index >= 15 is 0 Å². The number of alkyl halides is 3. The molecule has 2 heterocycles. The molecular formula is C26H26F3N3O4. The van der Waals surface area contributed by atoms with E-state index in [1.807, 2.05) is 58.0 Å². The van der Waals surface area contributed by atoms with Crippen molar-refractivity contribution in [1.29, 1.82) is 0 Å². The van der Waals surface area contributed by atoms with Crippen molar-refractivity contribution in [2.75, 3.05) is 10.4 Å². The van der Waals surface area contributed by atoms with Gasteiger partial charge in [-0.05, 0) is 57.5 Å². The summed E-state index contributed by atoms with van der Waals surface area (Å²) in [6.07, 6.45) is -5.03. The number of carbonyl (C=O) groups is 1. The van der Waals surface area contributed by atoms with Gasteiger partial charge in [0, 0.05) is 17.3 Å². The zero-order valence-corrected chi connectivity index (χ0v) is 20.2. The number of aromatic nitrogens is 1. The summed E-state index contributed by atoms with van der Waals surface area (Å²) in [5.41, 5.74) is 2.02. The number of hydrogen-bond donors (Lipinski definition) is 1. The van der Waals surface area contributed by atoms with Gasteiger partial charge in [-0.2, -0.15) is 18.2 Å². The number of pyridine rings is 1. The molecule has 0 aliphatic carbocycles. The van der Waals surface area contributed by atoms with E-state index in [-0.39, 0.29) is 23.7 Å². The molecule has 7 nitrogen and oxygen atoms in total. The van der Waals surface area contributed by atoms with Crippen molar-refractivity contribution in [2.45, 2.75) is 52.2 Å². The van der Waals surface area contributed by atoms with Crippen molar-refractivity contribution >= 4 is 17.5 Å². The number of anilines is 2. The molecule has 1 N–H and O–H groups in total. The molecule has 1 aliphatic rings. The second kappa shape index (κ2) is 9.96. The molecule has 0 saturated heterocycles. The van der Waals surface area contributed by atoms with Crippen LogP contribution in [0.5, 0.6) is 11.5 Å². The fourth-order valence-corrected chi connectivity index (χ4v) is 3.74. The van der Waals surface area contributed by atoms with Gasteiger partial charge in [0.2, 0.25) is 0 Å². The Kier molecular flexibility index (Phi) is 6.96. The summed E-state index contributed by atoms with van der Waals surface area (Å²) in [6.45, 7) is 7.37. The number of ether oxygens (including phenoxy) is 2. The Hall–Kier alpha value is -3.95. The maximum atomic E-state index is 13.2. The van der Waals surface area contributed by atoms with Crippen LogP contribution < -0.4 is 19.9 Å². The molecule has 0 bridgehead atoms. The Bertz CT molecular complexity index is 1230. The number of hydrogen-bond acceptors (Lipinski definition) is 7. The van der Waals surface area contributed by atoms with E-state index in [9.17, 15) is 18.0 Å². The SMILES string of the molecule is CC(C)Oc1ccc(OC(C)C)c(C2Nc3ncc(-c4ccccc4)cc3N2OC(=O)C(F)(F)F)c1. The Balaban J connectivity index is 1.81. The van der Waals surface area contributed by atoms with Crippen LogP contribution in [0.2, 0.25) is 0 Å². The normalized spacial score (nSPS) is 15.0. The number of carbonyl (C=O) groups excluding carboxylic acids is 1. The minimum absolute atomic E-state index is 0.141. The monoisotopic (exact) mass is 501 g/mol.